The molecule has 0 heterocycles. The van der Waals surface area contributed by atoms with Crippen molar-refractivity contribution in [1.29, 1.82) is 0 Å². The molecule has 0 aliphatic rings. The highest BCUT2D eigenvalue weighted by molar-refractivity contribution is 7.89. The predicted molar refractivity (Wildman–Crippen MR) is 48.6 cm³/mol. The van der Waals surface area contributed by atoms with Crippen molar-refractivity contribution in [1.82, 2.24) is 4.72 Å². The van der Waals surface area contributed by atoms with Gasteiger partial charge >= 0.3 is 0 Å². The smallest absolute Gasteiger partial charge is 0.243 e. The topological polar surface area (TPSA) is 66.4 Å². The summed E-state index contributed by atoms with van der Waals surface area (Å²) < 4.78 is 62.8. The third-order valence-corrected chi connectivity index (χ3v) is 3.14. The highest BCUT2D eigenvalue weighted by Crippen LogP contribution is 2.18. The lowest BCUT2D eigenvalue weighted by atomic mass is 10.3. The summed E-state index contributed by atoms with van der Waals surface area (Å²) in [6.07, 6.45) is 0. The quantitative estimate of drug-likeness (QED) is 0.764. The molecule has 0 atom stereocenters. The average Bonchev–Trinajstić information content (AvgIpc) is 2.20. The zero-order valence-electron chi connectivity index (χ0n) is 7.87. The van der Waals surface area contributed by atoms with E-state index in [1.807, 2.05) is 0 Å². The molecule has 0 fully saturated rings. The summed E-state index contributed by atoms with van der Waals surface area (Å²) in [4.78, 5) is -1.00. The summed E-state index contributed by atoms with van der Waals surface area (Å²) in [5.41, 5.74) is 0. The first-order valence-corrected chi connectivity index (χ1v) is 5.62. The van der Waals surface area contributed by atoms with E-state index in [1.165, 1.54) is 0 Å². The minimum atomic E-state index is -4.28. The van der Waals surface area contributed by atoms with Crippen LogP contribution in [-0.2, 0) is 10.0 Å². The second kappa shape index (κ2) is 4.81. The molecule has 0 saturated carbocycles. The van der Waals surface area contributed by atoms with Crippen molar-refractivity contribution >= 4 is 10.0 Å². The van der Waals surface area contributed by atoms with E-state index in [4.69, 9.17) is 5.11 Å². The van der Waals surface area contributed by atoms with Gasteiger partial charge in [0.15, 0.2) is 11.6 Å². The standard InChI is InChI=1S/C8H8F3NO3S/c9-5-3-7(11)8(4-6(5)10)16(14,15)12-1-2-13/h3-4,12-13H,1-2H2. The van der Waals surface area contributed by atoms with Gasteiger partial charge in [-0.25, -0.2) is 26.3 Å². The van der Waals surface area contributed by atoms with Gasteiger partial charge in [0.1, 0.15) is 10.7 Å². The van der Waals surface area contributed by atoms with Crippen LogP contribution in [0, 0.1) is 17.5 Å². The number of aliphatic hydroxyl groups is 1. The first-order chi connectivity index (χ1) is 7.38. The number of rotatable bonds is 4. The molecular formula is C8H8F3NO3S. The Bertz CT molecular complexity index is 490. The zero-order valence-corrected chi connectivity index (χ0v) is 8.69. The van der Waals surface area contributed by atoms with E-state index in [2.05, 4.69) is 0 Å². The highest BCUT2D eigenvalue weighted by Gasteiger charge is 2.21. The Morgan fingerprint density at radius 1 is 1.12 bits per heavy atom. The van der Waals surface area contributed by atoms with Crippen molar-refractivity contribution < 1.29 is 26.7 Å². The first kappa shape index (κ1) is 12.9. The molecule has 1 aromatic carbocycles. The first-order valence-electron chi connectivity index (χ1n) is 4.13. The van der Waals surface area contributed by atoms with Crippen LogP contribution >= 0.6 is 0 Å². The van der Waals surface area contributed by atoms with Gasteiger partial charge in [-0.05, 0) is 6.07 Å². The van der Waals surface area contributed by atoms with Crippen LogP contribution in [0.3, 0.4) is 0 Å². The van der Waals surface area contributed by atoms with Crippen LogP contribution in [0.1, 0.15) is 0 Å². The van der Waals surface area contributed by atoms with Crippen molar-refractivity contribution in [3.63, 3.8) is 0 Å². The van der Waals surface area contributed by atoms with Crippen LogP contribution in [0.2, 0.25) is 0 Å². The third-order valence-electron chi connectivity index (χ3n) is 1.67. The molecule has 90 valence electrons. The van der Waals surface area contributed by atoms with E-state index in [0.29, 0.717) is 0 Å². The van der Waals surface area contributed by atoms with E-state index in [-0.39, 0.29) is 18.7 Å². The number of sulfonamides is 1. The van der Waals surface area contributed by atoms with Crippen molar-refractivity contribution in [2.45, 2.75) is 4.90 Å². The Kier molecular flexibility index (Phi) is 3.89. The van der Waals surface area contributed by atoms with Crippen LogP contribution in [-0.4, -0.2) is 26.7 Å². The molecule has 4 nitrogen and oxygen atoms in total. The van der Waals surface area contributed by atoms with Crippen molar-refractivity contribution in [3.05, 3.63) is 29.6 Å². The number of hydrogen-bond acceptors (Lipinski definition) is 3. The Hall–Kier alpha value is -1.12. The molecule has 0 unspecified atom stereocenters. The summed E-state index contributed by atoms with van der Waals surface area (Å²) in [6.45, 7) is -0.842. The van der Waals surface area contributed by atoms with E-state index >= 15 is 0 Å². The molecule has 0 saturated heterocycles. The third kappa shape index (κ3) is 2.71. The molecular weight excluding hydrogens is 247 g/mol. The largest absolute Gasteiger partial charge is 0.395 e. The number of halogens is 3. The fourth-order valence-electron chi connectivity index (χ4n) is 0.968. The second-order valence-electron chi connectivity index (χ2n) is 2.82. The van der Waals surface area contributed by atoms with Crippen molar-refractivity contribution in [3.8, 4) is 0 Å². The molecule has 0 spiro atoms. The van der Waals surface area contributed by atoms with E-state index in [0.717, 1.165) is 0 Å². The van der Waals surface area contributed by atoms with Gasteiger partial charge in [-0.3, -0.25) is 0 Å². The van der Waals surface area contributed by atoms with Gasteiger partial charge in [-0.1, -0.05) is 0 Å². The molecule has 8 heteroatoms. The van der Waals surface area contributed by atoms with Gasteiger partial charge in [0.05, 0.1) is 6.61 Å². The summed E-state index contributed by atoms with van der Waals surface area (Å²) in [7, 11) is -4.28. The molecule has 2 N–H and O–H groups in total. The molecule has 0 aromatic heterocycles. The lowest BCUT2D eigenvalue weighted by Crippen LogP contribution is -2.27. The van der Waals surface area contributed by atoms with E-state index < -0.39 is 39.0 Å². The van der Waals surface area contributed by atoms with Gasteiger partial charge in [-0.2, -0.15) is 0 Å². The fraction of sp³-hybridized carbons (Fsp3) is 0.250. The molecule has 0 aliphatic heterocycles. The Balaban J connectivity index is 3.18. The Labute approximate surface area is 89.8 Å². The zero-order chi connectivity index (χ0) is 12.3. The minimum Gasteiger partial charge on any atom is -0.395 e. The number of benzene rings is 1. The molecule has 0 amide bonds. The molecule has 1 aromatic rings. The summed E-state index contributed by atoms with van der Waals surface area (Å²) in [5.74, 6) is -4.34. The number of nitrogens with one attached hydrogen (secondary N) is 1. The SMILES string of the molecule is O=S(=O)(NCCO)c1cc(F)c(F)cc1F. The summed E-state index contributed by atoms with van der Waals surface area (Å²) in [5, 5.41) is 8.39. The van der Waals surface area contributed by atoms with Crippen LogP contribution in [0.4, 0.5) is 13.2 Å². The predicted octanol–water partition coefficient (Wildman–Crippen LogP) is 0.375. The Morgan fingerprint density at radius 3 is 2.25 bits per heavy atom. The highest BCUT2D eigenvalue weighted by atomic mass is 32.2. The van der Waals surface area contributed by atoms with Crippen LogP contribution in [0.25, 0.3) is 0 Å². The molecule has 0 bridgehead atoms. The van der Waals surface area contributed by atoms with Crippen LogP contribution in [0.15, 0.2) is 17.0 Å². The maximum atomic E-state index is 13.1. The molecule has 1 rings (SSSR count). The number of hydrogen-bond donors (Lipinski definition) is 2. The van der Waals surface area contributed by atoms with Crippen molar-refractivity contribution in [2.24, 2.45) is 0 Å². The number of aliphatic hydroxyl groups excluding tert-OH is 1. The Morgan fingerprint density at radius 2 is 1.69 bits per heavy atom. The lowest BCUT2D eigenvalue weighted by Gasteiger charge is -2.06. The maximum Gasteiger partial charge on any atom is 0.243 e. The maximum absolute atomic E-state index is 13.1. The van der Waals surface area contributed by atoms with Gasteiger partial charge < -0.3 is 5.11 Å². The summed E-state index contributed by atoms with van der Waals surface area (Å²) in [6, 6.07) is 0.382. The normalized spacial score (nSPS) is 11.8. The van der Waals surface area contributed by atoms with Gasteiger partial charge in [-0.15, -0.1) is 0 Å². The minimum absolute atomic E-state index is 0.142. The van der Waals surface area contributed by atoms with E-state index in [9.17, 15) is 21.6 Å². The molecule has 0 aliphatic carbocycles. The van der Waals surface area contributed by atoms with Gasteiger partial charge in [0.2, 0.25) is 10.0 Å². The molecule has 0 radical (unpaired) electrons. The fourth-order valence-corrected chi connectivity index (χ4v) is 2.06. The lowest BCUT2D eigenvalue weighted by molar-refractivity contribution is 0.301. The second-order valence-corrected chi connectivity index (χ2v) is 4.55. The average molecular weight is 255 g/mol. The van der Waals surface area contributed by atoms with Crippen LogP contribution < -0.4 is 4.72 Å². The van der Waals surface area contributed by atoms with Gasteiger partial charge in [0, 0.05) is 12.6 Å². The monoisotopic (exact) mass is 255 g/mol. The summed E-state index contributed by atoms with van der Waals surface area (Å²) >= 11 is 0. The van der Waals surface area contributed by atoms with E-state index in [1.54, 1.807) is 4.72 Å². The molecule has 16 heavy (non-hydrogen) atoms. The van der Waals surface area contributed by atoms with Crippen LogP contribution in [0.5, 0.6) is 0 Å². The van der Waals surface area contributed by atoms with Crippen molar-refractivity contribution in [2.75, 3.05) is 13.2 Å². The van der Waals surface area contributed by atoms with Gasteiger partial charge in [0.25, 0.3) is 0 Å².